The molecule has 0 heterocycles. The fourth-order valence-corrected chi connectivity index (χ4v) is 2.52. The Hall–Kier alpha value is -1.67. The molecule has 1 aromatic carbocycles. The Morgan fingerprint density at radius 2 is 2.17 bits per heavy atom. The smallest absolute Gasteiger partial charge is 0.395 e. The Balaban J connectivity index is 2.90. The monoisotopic (exact) mass is 348 g/mol. The van der Waals surface area contributed by atoms with Crippen LogP contribution in [0.4, 0.5) is 23.7 Å². The lowest BCUT2D eigenvalue weighted by Gasteiger charge is -2.21. The number of nitrogens with zero attached hydrogens (tertiary/aromatic N) is 1. The number of aryl methyl sites for hydroxylation is 1. The van der Waals surface area contributed by atoms with Crippen molar-refractivity contribution in [2.45, 2.75) is 18.0 Å². The van der Waals surface area contributed by atoms with E-state index < -0.39 is 18.0 Å². The van der Waals surface area contributed by atoms with Crippen molar-refractivity contribution in [2.24, 2.45) is 0 Å². The fraction of sp³-hybridized carbons (Fsp3) is 0.400. The van der Waals surface area contributed by atoms with Crippen molar-refractivity contribution in [3.05, 3.63) is 36.4 Å². The molecule has 0 unspecified atom stereocenters. The van der Waals surface area contributed by atoms with Crippen LogP contribution in [0.25, 0.3) is 0 Å². The Morgan fingerprint density at radius 3 is 2.74 bits per heavy atom. The molecule has 23 heavy (non-hydrogen) atoms. The minimum absolute atomic E-state index is 0.106. The van der Waals surface area contributed by atoms with Crippen LogP contribution in [-0.2, 0) is 0 Å². The van der Waals surface area contributed by atoms with E-state index in [1.54, 1.807) is 25.1 Å². The van der Waals surface area contributed by atoms with E-state index in [0.29, 0.717) is 22.3 Å². The second kappa shape index (κ2) is 8.83. The van der Waals surface area contributed by atoms with Gasteiger partial charge in [-0.15, -0.1) is 18.3 Å². The summed E-state index contributed by atoms with van der Waals surface area (Å²) in [5, 5.41) is 11.6. The number of anilines is 1. The molecular formula is C15H19F3N2O2S. The van der Waals surface area contributed by atoms with Crippen molar-refractivity contribution in [1.82, 2.24) is 4.90 Å². The first kappa shape index (κ1) is 19.4. The first-order chi connectivity index (χ1) is 10.8. The summed E-state index contributed by atoms with van der Waals surface area (Å²) in [5.74, 6) is -1.04. The van der Waals surface area contributed by atoms with Crippen LogP contribution < -0.4 is 5.32 Å². The van der Waals surface area contributed by atoms with Crippen LogP contribution in [0.5, 0.6) is 0 Å². The van der Waals surface area contributed by atoms with Crippen molar-refractivity contribution in [1.29, 1.82) is 0 Å². The first-order valence-corrected chi connectivity index (χ1v) is 7.83. The van der Waals surface area contributed by atoms with Gasteiger partial charge in [0.15, 0.2) is 0 Å². The number of benzene rings is 1. The molecule has 4 nitrogen and oxygen atoms in total. The van der Waals surface area contributed by atoms with Gasteiger partial charge in [-0.25, -0.2) is 4.79 Å². The number of carbonyl (C=O) groups excluding carboxylic acids is 1. The van der Waals surface area contributed by atoms with Crippen molar-refractivity contribution >= 4 is 23.5 Å². The summed E-state index contributed by atoms with van der Waals surface area (Å²) in [4.78, 5) is 13.8. The molecule has 0 aromatic heterocycles. The molecule has 0 saturated carbocycles. The number of carbonyl (C=O) groups is 1. The molecule has 128 valence electrons. The minimum atomic E-state index is -4.29. The summed E-state index contributed by atoms with van der Waals surface area (Å²) in [5.41, 5.74) is 1.13. The molecule has 0 saturated heterocycles. The third-order valence-corrected chi connectivity index (χ3v) is 3.91. The molecule has 0 aliphatic carbocycles. The summed E-state index contributed by atoms with van der Waals surface area (Å²) >= 11 is 0.615. The molecule has 1 rings (SSSR count). The standard InChI is InChI=1S/C15H19F3N2O2S/c1-3-6-20(7-8-21)14(22)19-12-9-11(2)4-5-13(12)23-10-15(16,17)18/h3-5,9,21H,1,6-8,10H2,2H3,(H,19,22). The number of alkyl halides is 3. The van der Waals surface area contributed by atoms with Crippen LogP contribution in [0.2, 0.25) is 0 Å². The molecule has 8 heteroatoms. The van der Waals surface area contributed by atoms with Crippen molar-refractivity contribution < 1.29 is 23.1 Å². The molecule has 0 spiro atoms. The highest BCUT2D eigenvalue weighted by atomic mass is 32.2. The second-order valence-corrected chi connectivity index (χ2v) is 5.81. The molecule has 0 radical (unpaired) electrons. The van der Waals surface area contributed by atoms with Crippen LogP contribution in [0.15, 0.2) is 35.7 Å². The van der Waals surface area contributed by atoms with Crippen molar-refractivity contribution in [3.8, 4) is 0 Å². The maximum atomic E-state index is 12.4. The lowest BCUT2D eigenvalue weighted by molar-refractivity contribution is -0.105. The molecule has 0 bridgehead atoms. The van der Waals surface area contributed by atoms with Gasteiger partial charge in [-0.1, -0.05) is 12.1 Å². The van der Waals surface area contributed by atoms with Gasteiger partial charge in [-0.3, -0.25) is 0 Å². The lowest BCUT2D eigenvalue weighted by atomic mass is 10.2. The number of rotatable bonds is 7. The predicted octanol–water partition coefficient (Wildman–Crippen LogP) is 3.66. The number of hydrogen-bond donors (Lipinski definition) is 2. The SMILES string of the molecule is C=CCN(CCO)C(=O)Nc1cc(C)ccc1SCC(F)(F)F. The van der Waals surface area contributed by atoms with E-state index in [2.05, 4.69) is 11.9 Å². The molecule has 0 aliphatic heterocycles. The second-order valence-electron chi connectivity index (χ2n) is 4.79. The van der Waals surface area contributed by atoms with E-state index in [1.807, 2.05) is 0 Å². The van der Waals surface area contributed by atoms with Crippen LogP contribution in [-0.4, -0.2) is 47.7 Å². The molecule has 0 atom stereocenters. The quantitative estimate of drug-likeness (QED) is 0.584. The Bertz CT molecular complexity index is 550. The zero-order chi connectivity index (χ0) is 17.5. The molecule has 2 amide bonds. The third kappa shape index (κ3) is 6.96. The van der Waals surface area contributed by atoms with Gasteiger partial charge < -0.3 is 15.3 Å². The number of thioether (sulfide) groups is 1. The van der Waals surface area contributed by atoms with Gasteiger partial charge >= 0.3 is 12.2 Å². The third-order valence-electron chi connectivity index (χ3n) is 2.77. The Labute approximate surface area is 137 Å². The van der Waals surface area contributed by atoms with E-state index in [9.17, 15) is 18.0 Å². The van der Waals surface area contributed by atoms with Gasteiger partial charge in [0.05, 0.1) is 18.0 Å². The molecule has 1 aromatic rings. The number of halogens is 3. The predicted molar refractivity (Wildman–Crippen MR) is 85.8 cm³/mol. The number of amides is 2. The first-order valence-electron chi connectivity index (χ1n) is 6.84. The topological polar surface area (TPSA) is 52.6 Å². The van der Waals surface area contributed by atoms with Gasteiger partial charge in [0, 0.05) is 18.0 Å². The molecule has 2 N–H and O–H groups in total. The average Bonchev–Trinajstić information content (AvgIpc) is 2.45. The van der Waals surface area contributed by atoms with E-state index in [0.717, 1.165) is 5.56 Å². The van der Waals surface area contributed by atoms with Crippen LogP contribution >= 0.6 is 11.8 Å². The maximum Gasteiger partial charge on any atom is 0.398 e. The summed E-state index contributed by atoms with van der Waals surface area (Å²) in [6.07, 6.45) is -2.78. The van der Waals surface area contributed by atoms with Crippen LogP contribution in [0.3, 0.4) is 0 Å². The zero-order valence-electron chi connectivity index (χ0n) is 12.7. The number of aliphatic hydroxyl groups excluding tert-OH is 1. The van der Waals surface area contributed by atoms with E-state index in [1.165, 1.54) is 11.0 Å². The van der Waals surface area contributed by atoms with Gasteiger partial charge in [-0.2, -0.15) is 13.2 Å². The molecular weight excluding hydrogens is 329 g/mol. The summed E-state index contributed by atoms with van der Waals surface area (Å²) in [6, 6.07) is 4.34. The largest absolute Gasteiger partial charge is 0.398 e. The highest BCUT2D eigenvalue weighted by molar-refractivity contribution is 7.99. The zero-order valence-corrected chi connectivity index (χ0v) is 13.5. The molecule has 0 aliphatic rings. The fourth-order valence-electron chi connectivity index (χ4n) is 1.77. The minimum Gasteiger partial charge on any atom is -0.395 e. The lowest BCUT2D eigenvalue weighted by Crippen LogP contribution is -2.37. The number of aliphatic hydroxyl groups is 1. The normalized spacial score (nSPS) is 11.2. The van der Waals surface area contributed by atoms with E-state index in [4.69, 9.17) is 5.11 Å². The Morgan fingerprint density at radius 1 is 1.48 bits per heavy atom. The highest BCUT2D eigenvalue weighted by Gasteiger charge is 2.28. The average molecular weight is 348 g/mol. The summed E-state index contributed by atoms with van der Waals surface area (Å²) < 4.78 is 37.2. The van der Waals surface area contributed by atoms with Crippen molar-refractivity contribution in [3.63, 3.8) is 0 Å². The van der Waals surface area contributed by atoms with Gasteiger partial charge in [-0.05, 0) is 24.6 Å². The van der Waals surface area contributed by atoms with Gasteiger partial charge in [0.1, 0.15) is 0 Å². The number of nitrogens with one attached hydrogen (secondary N) is 1. The van der Waals surface area contributed by atoms with Gasteiger partial charge in [0.2, 0.25) is 0 Å². The molecule has 0 fully saturated rings. The van der Waals surface area contributed by atoms with E-state index >= 15 is 0 Å². The summed E-state index contributed by atoms with van der Waals surface area (Å²) in [6.45, 7) is 5.42. The number of hydrogen-bond acceptors (Lipinski definition) is 3. The van der Waals surface area contributed by atoms with Crippen molar-refractivity contribution in [2.75, 3.05) is 30.8 Å². The number of urea groups is 1. The van der Waals surface area contributed by atoms with Crippen LogP contribution in [0.1, 0.15) is 5.56 Å². The maximum absolute atomic E-state index is 12.4. The highest BCUT2D eigenvalue weighted by Crippen LogP contribution is 2.33. The Kier molecular flexibility index (Phi) is 7.44. The van der Waals surface area contributed by atoms with Gasteiger partial charge in [0.25, 0.3) is 0 Å². The summed E-state index contributed by atoms with van der Waals surface area (Å²) in [7, 11) is 0. The van der Waals surface area contributed by atoms with E-state index in [-0.39, 0.29) is 19.7 Å². The van der Waals surface area contributed by atoms with Crippen LogP contribution in [0, 0.1) is 6.92 Å².